The van der Waals surface area contributed by atoms with E-state index in [0.717, 1.165) is 37.3 Å². The summed E-state index contributed by atoms with van der Waals surface area (Å²) in [5, 5.41) is 19.9. The SMILES string of the molecule is CCCCCSc1ncc([N+](=O)[O-])cc1C(=O)O. The highest BCUT2D eigenvalue weighted by Gasteiger charge is 2.17. The van der Waals surface area contributed by atoms with E-state index < -0.39 is 10.9 Å². The van der Waals surface area contributed by atoms with Crippen molar-refractivity contribution in [2.75, 3.05) is 5.75 Å². The van der Waals surface area contributed by atoms with Crippen LogP contribution in [-0.4, -0.2) is 26.7 Å². The second-order valence-corrected chi connectivity index (χ2v) is 4.75. The van der Waals surface area contributed by atoms with Crippen LogP contribution in [0.2, 0.25) is 0 Å². The van der Waals surface area contributed by atoms with Crippen LogP contribution in [-0.2, 0) is 0 Å². The molecule has 1 rings (SSSR count). The Morgan fingerprint density at radius 1 is 1.56 bits per heavy atom. The molecule has 18 heavy (non-hydrogen) atoms. The van der Waals surface area contributed by atoms with E-state index in [9.17, 15) is 14.9 Å². The first-order valence-electron chi connectivity index (χ1n) is 5.56. The molecule has 1 aromatic rings. The van der Waals surface area contributed by atoms with Gasteiger partial charge in [0.2, 0.25) is 0 Å². The van der Waals surface area contributed by atoms with Crippen molar-refractivity contribution in [2.24, 2.45) is 0 Å². The summed E-state index contributed by atoms with van der Waals surface area (Å²) in [6, 6.07) is 1.05. The predicted octanol–water partition coefficient (Wildman–Crippen LogP) is 2.97. The Morgan fingerprint density at radius 3 is 2.83 bits per heavy atom. The maximum absolute atomic E-state index is 11.0. The lowest BCUT2D eigenvalue weighted by molar-refractivity contribution is -0.385. The lowest BCUT2D eigenvalue weighted by Crippen LogP contribution is -2.03. The van der Waals surface area contributed by atoms with E-state index in [1.54, 1.807) is 0 Å². The number of aromatic nitrogens is 1. The third kappa shape index (κ3) is 3.99. The van der Waals surface area contributed by atoms with Gasteiger partial charge in [0.1, 0.15) is 11.2 Å². The monoisotopic (exact) mass is 270 g/mol. The molecule has 0 aromatic carbocycles. The molecular weight excluding hydrogens is 256 g/mol. The number of hydrogen-bond acceptors (Lipinski definition) is 5. The number of carboxylic acids is 1. The third-order valence-electron chi connectivity index (χ3n) is 2.26. The molecule has 0 saturated heterocycles. The number of pyridine rings is 1. The summed E-state index contributed by atoms with van der Waals surface area (Å²) in [5.74, 6) is -0.428. The van der Waals surface area contributed by atoms with Crippen molar-refractivity contribution >= 4 is 23.4 Å². The van der Waals surface area contributed by atoms with E-state index in [1.807, 2.05) is 0 Å². The van der Waals surface area contributed by atoms with Crippen molar-refractivity contribution < 1.29 is 14.8 Å². The number of thioether (sulfide) groups is 1. The van der Waals surface area contributed by atoms with Crippen LogP contribution in [0, 0.1) is 10.1 Å². The van der Waals surface area contributed by atoms with Crippen LogP contribution in [0.5, 0.6) is 0 Å². The van der Waals surface area contributed by atoms with Crippen LogP contribution in [0.15, 0.2) is 17.3 Å². The van der Waals surface area contributed by atoms with Gasteiger partial charge in [-0.2, -0.15) is 0 Å². The number of unbranched alkanes of at least 4 members (excludes halogenated alkanes) is 2. The van der Waals surface area contributed by atoms with E-state index in [1.165, 1.54) is 11.8 Å². The van der Waals surface area contributed by atoms with Gasteiger partial charge in [0, 0.05) is 6.07 Å². The van der Waals surface area contributed by atoms with Crippen LogP contribution in [0.3, 0.4) is 0 Å². The number of carbonyl (C=O) groups is 1. The summed E-state index contributed by atoms with van der Waals surface area (Å²) in [6.45, 7) is 2.08. The minimum atomic E-state index is -1.19. The first kappa shape index (κ1) is 14.4. The van der Waals surface area contributed by atoms with Gasteiger partial charge in [-0.05, 0) is 12.2 Å². The zero-order chi connectivity index (χ0) is 13.5. The number of rotatable bonds is 7. The number of nitro groups is 1. The van der Waals surface area contributed by atoms with E-state index in [-0.39, 0.29) is 11.3 Å². The minimum Gasteiger partial charge on any atom is -0.478 e. The maximum atomic E-state index is 11.0. The molecular formula is C11H14N2O4S. The molecule has 6 nitrogen and oxygen atoms in total. The molecule has 1 aromatic heterocycles. The molecule has 0 fully saturated rings. The van der Waals surface area contributed by atoms with Crippen molar-refractivity contribution in [3.05, 3.63) is 27.9 Å². The highest BCUT2D eigenvalue weighted by Crippen LogP contribution is 2.25. The van der Waals surface area contributed by atoms with E-state index >= 15 is 0 Å². The van der Waals surface area contributed by atoms with Gasteiger partial charge in [0.05, 0.1) is 10.5 Å². The van der Waals surface area contributed by atoms with Gasteiger partial charge < -0.3 is 5.11 Å². The summed E-state index contributed by atoms with van der Waals surface area (Å²) in [4.78, 5) is 24.8. The van der Waals surface area contributed by atoms with Crippen molar-refractivity contribution in [3.63, 3.8) is 0 Å². The largest absolute Gasteiger partial charge is 0.478 e. The van der Waals surface area contributed by atoms with Crippen molar-refractivity contribution in [3.8, 4) is 0 Å². The lowest BCUT2D eigenvalue weighted by atomic mass is 10.3. The highest BCUT2D eigenvalue weighted by atomic mass is 32.2. The summed E-state index contributed by atoms with van der Waals surface area (Å²) < 4.78 is 0. The molecule has 0 radical (unpaired) electrons. The zero-order valence-electron chi connectivity index (χ0n) is 9.96. The van der Waals surface area contributed by atoms with E-state index in [0.29, 0.717) is 5.03 Å². The highest BCUT2D eigenvalue weighted by molar-refractivity contribution is 7.99. The Morgan fingerprint density at radius 2 is 2.28 bits per heavy atom. The Bertz CT molecular complexity index is 451. The summed E-state index contributed by atoms with van der Waals surface area (Å²) >= 11 is 1.32. The fourth-order valence-electron chi connectivity index (χ4n) is 1.33. The van der Waals surface area contributed by atoms with Crippen LogP contribution in [0.25, 0.3) is 0 Å². The van der Waals surface area contributed by atoms with Crippen molar-refractivity contribution in [1.29, 1.82) is 0 Å². The summed E-state index contributed by atoms with van der Waals surface area (Å²) in [7, 11) is 0. The van der Waals surface area contributed by atoms with Crippen LogP contribution >= 0.6 is 11.8 Å². The molecule has 0 unspecified atom stereocenters. The number of carboxylic acid groups (broad SMARTS) is 1. The second kappa shape index (κ2) is 6.95. The Balaban J connectivity index is 2.83. The fourth-order valence-corrected chi connectivity index (χ4v) is 2.30. The van der Waals surface area contributed by atoms with Gasteiger partial charge in [-0.15, -0.1) is 11.8 Å². The molecule has 7 heteroatoms. The second-order valence-electron chi connectivity index (χ2n) is 3.66. The molecule has 1 N–H and O–H groups in total. The van der Waals surface area contributed by atoms with Gasteiger partial charge in [-0.3, -0.25) is 10.1 Å². The predicted molar refractivity (Wildman–Crippen MR) is 68.1 cm³/mol. The molecule has 0 aliphatic carbocycles. The number of aromatic carboxylic acids is 1. The van der Waals surface area contributed by atoms with Crippen molar-refractivity contribution in [2.45, 2.75) is 31.2 Å². The fraction of sp³-hybridized carbons (Fsp3) is 0.455. The molecule has 0 amide bonds. The topological polar surface area (TPSA) is 93.3 Å². The number of nitrogens with zero attached hydrogens (tertiary/aromatic N) is 2. The van der Waals surface area contributed by atoms with E-state index in [4.69, 9.17) is 5.11 Å². The molecule has 0 bridgehead atoms. The Kier molecular flexibility index (Phi) is 5.57. The Labute approximate surface area is 109 Å². The van der Waals surface area contributed by atoms with E-state index in [2.05, 4.69) is 11.9 Å². The van der Waals surface area contributed by atoms with Gasteiger partial charge in [0.25, 0.3) is 5.69 Å². The standard InChI is InChI=1S/C11H14N2O4S/c1-2-3-4-5-18-10-9(11(14)15)6-8(7-12-10)13(16)17/h6-7H,2-5H2,1H3,(H,14,15). The average Bonchev–Trinajstić information content (AvgIpc) is 2.34. The lowest BCUT2D eigenvalue weighted by Gasteiger charge is -2.04. The van der Waals surface area contributed by atoms with Gasteiger partial charge in [0.15, 0.2) is 0 Å². The molecule has 98 valence electrons. The van der Waals surface area contributed by atoms with Crippen molar-refractivity contribution in [1.82, 2.24) is 4.98 Å². The third-order valence-corrected chi connectivity index (χ3v) is 3.36. The van der Waals surface area contributed by atoms with Gasteiger partial charge in [-0.25, -0.2) is 9.78 Å². The molecule has 0 saturated carbocycles. The summed E-state index contributed by atoms with van der Waals surface area (Å²) in [6.07, 6.45) is 4.22. The average molecular weight is 270 g/mol. The molecule has 0 atom stereocenters. The maximum Gasteiger partial charge on any atom is 0.338 e. The van der Waals surface area contributed by atoms with Crippen LogP contribution in [0.4, 0.5) is 5.69 Å². The van der Waals surface area contributed by atoms with Gasteiger partial charge in [-0.1, -0.05) is 19.8 Å². The minimum absolute atomic E-state index is 0.106. The molecule has 0 aliphatic rings. The summed E-state index contributed by atoms with van der Waals surface area (Å²) in [5.41, 5.74) is -0.406. The first-order chi connectivity index (χ1) is 8.56. The Hall–Kier alpha value is -1.63. The first-order valence-corrected chi connectivity index (χ1v) is 6.55. The van der Waals surface area contributed by atoms with Crippen LogP contribution < -0.4 is 0 Å². The quantitative estimate of drug-likeness (QED) is 0.354. The van der Waals surface area contributed by atoms with Gasteiger partial charge >= 0.3 is 5.97 Å². The zero-order valence-corrected chi connectivity index (χ0v) is 10.8. The normalized spacial score (nSPS) is 10.3. The molecule has 1 heterocycles. The number of hydrogen-bond donors (Lipinski definition) is 1. The molecule has 0 aliphatic heterocycles. The van der Waals surface area contributed by atoms with Crippen LogP contribution in [0.1, 0.15) is 36.5 Å². The molecule has 0 spiro atoms. The smallest absolute Gasteiger partial charge is 0.338 e.